The van der Waals surface area contributed by atoms with Crippen LogP contribution in [0.5, 0.6) is 0 Å². The van der Waals surface area contributed by atoms with Crippen molar-refractivity contribution in [1.29, 1.82) is 0 Å². The second-order valence-corrected chi connectivity index (χ2v) is 7.50. The molecule has 0 saturated heterocycles. The van der Waals surface area contributed by atoms with Crippen molar-refractivity contribution in [2.45, 2.75) is 59.0 Å². The molecule has 0 bridgehead atoms. The van der Waals surface area contributed by atoms with Gasteiger partial charge in [0.25, 0.3) is 0 Å². The van der Waals surface area contributed by atoms with Crippen molar-refractivity contribution in [2.75, 3.05) is 6.61 Å². The summed E-state index contributed by atoms with van der Waals surface area (Å²) >= 11 is 0. The molecular weight excluding hydrogens is 316 g/mol. The van der Waals surface area contributed by atoms with Gasteiger partial charge in [-0.2, -0.15) is 0 Å². The molecule has 0 unspecified atom stereocenters. The van der Waals surface area contributed by atoms with Gasteiger partial charge in [0, 0.05) is 6.42 Å². The molecule has 1 saturated carbocycles. The van der Waals surface area contributed by atoms with Crippen LogP contribution in [0.1, 0.15) is 52.0 Å². The minimum atomic E-state index is -0.433. The quantitative estimate of drug-likeness (QED) is 0.696. The molecule has 25 heavy (non-hydrogen) atoms. The maximum Gasteiger partial charge on any atom is 0.344 e. The van der Waals surface area contributed by atoms with Gasteiger partial charge in [0.05, 0.1) is 0 Å². The van der Waals surface area contributed by atoms with Crippen molar-refractivity contribution in [3.05, 3.63) is 35.9 Å². The average Bonchev–Trinajstić information content (AvgIpc) is 2.59. The van der Waals surface area contributed by atoms with Crippen LogP contribution in [0.2, 0.25) is 0 Å². The highest BCUT2D eigenvalue weighted by Crippen LogP contribution is 2.35. The molecule has 1 fully saturated rings. The Hall–Kier alpha value is -1.84. The van der Waals surface area contributed by atoms with Gasteiger partial charge in [-0.05, 0) is 42.6 Å². The SMILES string of the molecule is CC(C)[C@@H]1CC[C@H](C)C[C@H]1OC(=O)COC(=O)CCc1ccccc1. The van der Waals surface area contributed by atoms with Gasteiger partial charge in [0.15, 0.2) is 6.61 Å². The molecule has 2 rings (SSSR count). The Bertz CT molecular complexity index is 552. The van der Waals surface area contributed by atoms with E-state index in [1.54, 1.807) is 0 Å². The molecule has 4 heteroatoms. The van der Waals surface area contributed by atoms with Gasteiger partial charge in [0.1, 0.15) is 6.10 Å². The second-order valence-electron chi connectivity index (χ2n) is 7.50. The molecule has 0 spiro atoms. The Labute approximate surface area is 150 Å². The lowest BCUT2D eigenvalue weighted by Gasteiger charge is -2.36. The highest BCUT2D eigenvalue weighted by atomic mass is 16.6. The van der Waals surface area contributed by atoms with Crippen LogP contribution >= 0.6 is 0 Å². The van der Waals surface area contributed by atoms with Gasteiger partial charge < -0.3 is 9.47 Å². The van der Waals surface area contributed by atoms with E-state index in [1.165, 1.54) is 6.42 Å². The molecule has 1 aliphatic carbocycles. The minimum absolute atomic E-state index is 0.0562. The first-order valence-corrected chi connectivity index (χ1v) is 9.34. The molecule has 3 atom stereocenters. The van der Waals surface area contributed by atoms with E-state index in [0.717, 1.165) is 18.4 Å². The summed E-state index contributed by atoms with van der Waals surface area (Å²) in [6.45, 7) is 6.25. The third-order valence-electron chi connectivity index (χ3n) is 5.06. The predicted molar refractivity (Wildman–Crippen MR) is 96.9 cm³/mol. The Morgan fingerprint density at radius 1 is 1.12 bits per heavy atom. The number of rotatable bonds is 7. The normalized spacial score (nSPS) is 23.3. The number of carbonyl (C=O) groups is 2. The van der Waals surface area contributed by atoms with Crippen LogP contribution in [-0.2, 0) is 25.5 Å². The molecular formula is C21H30O4. The average molecular weight is 346 g/mol. The van der Waals surface area contributed by atoms with Crippen molar-refractivity contribution in [3.63, 3.8) is 0 Å². The Morgan fingerprint density at radius 2 is 1.84 bits per heavy atom. The first kappa shape index (κ1) is 19.5. The lowest BCUT2D eigenvalue weighted by molar-refractivity contribution is -0.167. The molecule has 0 aromatic heterocycles. The highest BCUT2D eigenvalue weighted by Gasteiger charge is 2.33. The zero-order valence-electron chi connectivity index (χ0n) is 15.6. The van der Waals surface area contributed by atoms with Crippen LogP contribution in [0, 0.1) is 17.8 Å². The standard InChI is InChI=1S/C21H30O4/c1-15(2)18-11-9-16(3)13-19(18)25-21(23)14-24-20(22)12-10-17-7-5-4-6-8-17/h4-8,15-16,18-19H,9-14H2,1-3H3/t16-,18-,19+/m0/s1. The molecule has 0 radical (unpaired) electrons. The molecule has 138 valence electrons. The molecule has 1 aliphatic rings. The van der Waals surface area contributed by atoms with E-state index in [-0.39, 0.29) is 25.1 Å². The number of ether oxygens (including phenoxy) is 2. The third-order valence-corrected chi connectivity index (χ3v) is 5.06. The van der Waals surface area contributed by atoms with Crippen LogP contribution in [-0.4, -0.2) is 24.6 Å². The van der Waals surface area contributed by atoms with Crippen molar-refractivity contribution in [2.24, 2.45) is 17.8 Å². The van der Waals surface area contributed by atoms with Gasteiger partial charge >= 0.3 is 11.9 Å². The summed E-state index contributed by atoms with van der Waals surface area (Å²) in [5.41, 5.74) is 1.08. The number of aryl methyl sites for hydroxylation is 1. The number of hydrogen-bond acceptors (Lipinski definition) is 4. The number of benzene rings is 1. The van der Waals surface area contributed by atoms with Crippen molar-refractivity contribution in [3.8, 4) is 0 Å². The van der Waals surface area contributed by atoms with E-state index < -0.39 is 5.97 Å². The monoisotopic (exact) mass is 346 g/mol. The van der Waals surface area contributed by atoms with E-state index >= 15 is 0 Å². The van der Waals surface area contributed by atoms with E-state index in [9.17, 15) is 9.59 Å². The third kappa shape index (κ3) is 6.52. The fourth-order valence-electron chi connectivity index (χ4n) is 3.56. The maximum absolute atomic E-state index is 12.1. The summed E-state index contributed by atoms with van der Waals surface area (Å²) in [4.78, 5) is 23.9. The summed E-state index contributed by atoms with van der Waals surface area (Å²) in [6.07, 6.45) is 4.01. The van der Waals surface area contributed by atoms with E-state index in [2.05, 4.69) is 20.8 Å². The summed E-state index contributed by atoms with van der Waals surface area (Å²) in [6, 6.07) is 9.76. The van der Waals surface area contributed by atoms with Crippen molar-refractivity contribution >= 4 is 11.9 Å². The molecule has 0 N–H and O–H groups in total. The van der Waals surface area contributed by atoms with Crippen LogP contribution in [0.3, 0.4) is 0 Å². The summed E-state index contributed by atoms with van der Waals surface area (Å²) in [5.74, 6) is 0.657. The lowest BCUT2D eigenvalue weighted by Crippen LogP contribution is -2.36. The maximum atomic E-state index is 12.1. The van der Waals surface area contributed by atoms with Gasteiger partial charge in [-0.3, -0.25) is 4.79 Å². The zero-order valence-corrected chi connectivity index (χ0v) is 15.6. The van der Waals surface area contributed by atoms with Gasteiger partial charge in [-0.1, -0.05) is 57.5 Å². The fourth-order valence-corrected chi connectivity index (χ4v) is 3.56. The summed E-state index contributed by atoms with van der Waals surface area (Å²) in [5, 5.41) is 0. The van der Waals surface area contributed by atoms with Crippen LogP contribution < -0.4 is 0 Å². The number of hydrogen-bond donors (Lipinski definition) is 0. The minimum Gasteiger partial charge on any atom is -0.460 e. The summed E-state index contributed by atoms with van der Waals surface area (Å²) in [7, 11) is 0. The first-order valence-electron chi connectivity index (χ1n) is 9.34. The van der Waals surface area contributed by atoms with Crippen LogP contribution in [0.15, 0.2) is 30.3 Å². The molecule has 4 nitrogen and oxygen atoms in total. The van der Waals surface area contributed by atoms with Gasteiger partial charge in [0.2, 0.25) is 0 Å². The van der Waals surface area contributed by atoms with Crippen molar-refractivity contribution in [1.82, 2.24) is 0 Å². The van der Waals surface area contributed by atoms with Crippen molar-refractivity contribution < 1.29 is 19.1 Å². The van der Waals surface area contributed by atoms with Gasteiger partial charge in [-0.25, -0.2) is 4.79 Å². The summed E-state index contributed by atoms with van der Waals surface area (Å²) < 4.78 is 10.7. The second kappa shape index (κ2) is 9.59. The molecule has 0 amide bonds. The molecule has 1 aromatic carbocycles. The predicted octanol–water partition coefficient (Wildman–Crippen LogP) is 4.17. The lowest BCUT2D eigenvalue weighted by atomic mass is 9.75. The molecule has 0 aliphatic heterocycles. The first-order chi connectivity index (χ1) is 12.0. The van der Waals surface area contributed by atoms with Gasteiger partial charge in [-0.15, -0.1) is 0 Å². The number of esters is 2. The number of carbonyl (C=O) groups excluding carboxylic acids is 2. The van der Waals surface area contributed by atoms with E-state index in [0.29, 0.717) is 24.2 Å². The smallest absolute Gasteiger partial charge is 0.344 e. The van der Waals surface area contributed by atoms with Crippen LogP contribution in [0.25, 0.3) is 0 Å². The fraction of sp³-hybridized carbons (Fsp3) is 0.619. The topological polar surface area (TPSA) is 52.6 Å². The Balaban J connectivity index is 1.72. The zero-order chi connectivity index (χ0) is 18.2. The van der Waals surface area contributed by atoms with Crippen LogP contribution in [0.4, 0.5) is 0 Å². The van der Waals surface area contributed by atoms with E-state index in [4.69, 9.17) is 9.47 Å². The Kier molecular flexibility index (Phi) is 7.48. The Morgan fingerprint density at radius 3 is 2.52 bits per heavy atom. The highest BCUT2D eigenvalue weighted by molar-refractivity contribution is 5.76. The largest absolute Gasteiger partial charge is 0.460 e. The molecule has 1 aromatic rings. The van der Waals surface area contributed by atoms with E-state index in [1.807, 2.05) is 30.3 Å². The molecule has 0 heterocycles.